The number of H-pyrrole nitrogens is 1. The van der Waals surface area contributed by atoms with Crippen LogP contribution in [-0.4, -0.2) is 9.97 Å². The predicted octanol–water partition coefficient (Wildman–Crippen LogP) is 2.74. The number of aromatic nitrogens is 2. The number of hydrogen-bond acceptors (Lipinski definition) is 1. The van der Waals surface area contributed by atoms with E-state index in [9.17, 15) is 0 Å². The number of rotatable bonds is 1. The monoisotopic (exact) mass is 172 g/mol. The second-order valence-electron chi connectivity index (χ2n) is 2.38. The molecule has 0 aliphatic carbocycles. The van der Waals surface area contributed by atoms with E-state index in [2.05, 4.69) is 16.5 Å². The molecule has 0 radical (unpaired) electrons. The van der Waals surface area contributed by atoms with Gasteiger partial charge in [-0.2, -0.15) is 0 Å². The van der Waals surface area contributed by atoms with Gasteiger partial charge in [-0.05, 0) is 5.56 Å². The fraction of sp³-hybridized carbons (Fsp3) is 0. The van der Waals surface area contributed by atoms with Crippen molar-refractivity contribution in [2.24, 2.45) is 0 Å². The molecule has 0 aliphatic rings. The molecule has 0 amide bonds. The molecule has 1 N–H and O–H groups in total. The Morgan fingerprint density at radius 3 is 2.31 bits per heavy atom. The summed E-state index contributed by atoms with van der Waals surface area (Å²) in [6.45, 7) is 3.63. The molecule has 13 heavy (non-hydrogen) atoms. The van der Waals surface area contributed by atoms with Crippen LogP contribution in [0.1, 0.15) is 5.56 Å². The molecule has 0 saturated heterocycles. The fourth-order valence-electron chi connectivity index (χ4n) is 0.804. The number of hydrogen-bond donors (Lipinski definition) is 1. The van der Waals surface area contributed by atoms with Gasteiger partial charge in [0.1, 0.15) is 0 Å². The van der Waals surface area contributed by atoms with Gasteiger partial charge in [-0.25, -0.2) is 4.98 Å². The van der Waals surface area contributed by atoms with Crippen molar-refractivity contribution in [1.29, 1.82) is 0 Å². The summed E-state index contributed by atoms with van der Waals surface area (Å²) in [7, 11) is 0. The Labute approximate surface area is 78.0 Å². The quantitative estimate of drug-likeness (QED) is 0.704. The summed E-state index contributed by atoms with van der Waals surface area (Å²) >= 11 is 0. The summed E-state index contributed by atoms with van der Waals surface area (Å²) in [5, 5.41) is 0. The minimum absolute atomic E-state index is 1.17. The van der Waals surface area contributed by atoms with Crippen LogP contribution in [0.2, 0.25) is 0 Å². The third-order valence-electron chi connectivity index (χ3n) is 1.44. The van der Waals surface area contributed by atoms with Crippen molar-refractivity contribution in [3.63, 3.8) is 0 Å². The first kappa shape index (κ1) is 9.26. The van der Waals surface area contributed by atoms with Gasteiger partial charge in [0.25, 0.3) is 0 Å². The highest BCUT2D eigenvalue weighted by Crippen LogP contribution is 1.97. The van der Waals surface area contributed by atoms with Crippen LogP contribution in [0, 0.1) is 0 Å². The van der Waals surface area contributed by atoms with E-state index in [1.807, 2.05) is 36.4 Å². The number of aromatic amines is 1. The average Bonchev–Trinajstić information content (AvgIpc) is 2.77. The lowest BCUT2D eigenvalue weighted by Gasteiger charge is -1.85. The maximum Gasteiger partial charge on any atom is 0.0919 e. The van der Waals surface area contributed by atoms with E-state index < -0.39 is 0 Å². The van der Waals surface area contributed by atoms with E-state index >= 15 is 0 Å². The first-order chi connectivity index (χ1) is 6.43. The van der Waals surface area contributed by atoms with E-state index in [-0.39, 0.29) is 0 Å². The Balaban J connectivity index is 0.000000145. The number of nitrogens with one attached hydrogen (secondary N) is 1. The van der Waals surface area contributed by atoms with E-state index in [0.717, 1.165) is 0 Å². The number of nitrogens with zero attached hydrogens (tertiary/aromatic N) is 1. The molecule has 2 rings (SSSR count). The molecule has 2 heteroatoms. The lowest BCUT2D eigenvalue weighted by Crippen LogP contribution is -1.63. The first-order valence-corrected chi connectivity index (χ1v) is 4.03. The molecule has 2 nitrogen and oxygen atoms in total. The van der Waals surface area contributed by atoms with Crippen molar-refractivity contribution < 1.29 is 0 Å². The summed E-state index contributed by atoms with van der Waals surface area (Å²) in [5.74, 6) is 0. The largest absolute Gasteiger partial charge is 0.351 e. The topological polar surface area (TPSA) is 28.7 Å². The summed E-state index contributed by atoms with van der Waals surface area (Å²) in [6, 6.07) is 10.0. The maximum absolute atomic E-state index is 3.67. The minimum atomic E-state index is 1.17. The highest BCUT2D eigenvalue weighted by Gasteiger charge is 1.75. The average molecular weight is 172 g/mol. The molecule has 0 unspecified atom stereocenters. The van der Waals surface area contributed by atoms with Gasteiger partial charge < -0.3 is 4.98 Å². The highest BCUT2D eigenvalue weighted by molar-refractivity contribution is 5.45. The van der Waals surface area contributed by atoms with Gasteiger partial charge in [0.15, 0.2) is 0 Å². The second-order valence-corrected chi connectivity index (χ2v) is 2.38. The lowest BCUT2D eigenvalue weighted by molar-refractivity contribution is 1.31. The third-order valence-corrected chi connectivity index (χ3v) is 1.44. The fourth-order valence-corrected chi connectivity index (χ4v) is 0.804. The molecule has 0 aliphatic heterocycles. The molecule has 0 bridgehead atoms. The van der Waals surface area contributed by atoms with Crippen LogP contribution in [0.3, 0.4) is 0 Å². The first-order valence-electron chi connectivity index (χ1n) is 4.03. The molecular formula is C11H12N2. The van der Waals surface area contributed by atoms with Gasteiger partial charge in [-0.3, -0.25) is 0 Å². The van der Waals surface area contributed by atoms with Crippen molar-refractivity contribution >= 4 is 6.08 Å². The zero-order chi connectivity index (χ0) is 9.36. The maximum atomic E-state index is 3.67. The Morgan fingerprint density at radius 1 is 1.23 bits per heavy atom. The molecule has 1 aromatic carbocycles. The van der Waals surface area contributed by atoms with Crippen molar-refractivity contribution in [2.45, 2.75) is 0 Å². The molecule has 0 atom stereocenters. The lowest BCUT2D eigenvalue weighted by atomic mass is 10.2. The van der Waals surface area contributed by atoms with Crippen molar-refractivity contribution in [1.82, 2.24) is 9.97 Å². The van der Waals surface area contributed by atoms with Crippen LogP contribution < -0.4 is 0 Å². The van der Waals surface area contributed by atoms with Crippen LogP contribution in [-0.2, 0) is 0 Å². The van der Waals surface area contributed by atoms with Crippen LogP contribution in [0.15, 0.2) is 55.6 Å². The number of imidazole rings is 1. The predicted molar refractivity (Wildman–Crippen MR) is 55.1 cm³/mol. The molecular weight excluding hydrogens is 160 g/mol. The van der Waals surface area contributed by atoms with Gasteiger partial charge in [-0.1, -0.05) is 43.0 Å². The van der Waals surface area contributed by atoms with E-state index in [4.69, 9.17) is 0 Å². The van der Waals surface area contributed by atoms with Crippen molar-refractivity contribution in [2.75, 3.05) is 0 Å². The van der Waals surface area contributed by atoms with Gasteiger partial charge >= 0.3 is 0 Å². The van der Waals surface area contributed by atoms with Gasteiger partial charge in [0.2, 0.25) is 0 Å². The zero-order valence-electron chi connectivity index (χ0n) is 7.35. The molecule has 0 saturated carbocycles. The van der Waals surface area contributed by atoms with Crippen LogP contribution in [0.4, 0.5) is 0 Å². The molecule has 0 fully saturated rings. The Bertz CT molecular complexity index is 294. The van der Waals surface area contributed by atoms with Gasteiger partial charge in [0.05, 0.1) is 6.33 Å². The zero-order valence-corrected chi connectivity index (χ0v) is 7.35. The molecule has 0 spiro atoms. The Kier molecular flexibility index (Phi) is 4.11. The van der Waals surface area contributed by atoms with E-state index in [1.54, 1.807) is 18.7 Å². The number of benzene rings is 1. The van der Waals surface area contributed by atoms with Gasteiger partial charge in [0, 0.05) is 12.4 Å². The van der Waals surface area contributed by atoms with E-state index in [1.165, 1.54) is 5.56 Å². The molecule has 2 aromatic rings. The van der Waals surface area contributed by atoms with Crippen LogP contribution >= 0.6 is 0 Å². The Morgan fingerprint density at radius 2 is 2.00 bits per heavy atom. The summed E-state index contributed by atoms with van der Waals surface area (Å²) in [5.41, 5.74) is 1.17. The SMILES string of the molecule is C=Cc1ccccc1.c1c[nH]cn1. The van der Waals surface area contributed by atoms with Crippen molar-refractivity contribution in [3.05, 3.63) is 61.2 Å². The summed E-state index contributed by atoms with van der Waals surface area (Å²) < 4.78 is 0. The van der Waals surface area contributed by atoms with E-state index in [0.29, 0.717) is 0 Å². The summed E-state index contributed by atoms with van der Waals surface area (Å²) in [6.07, 6.45) is 6.92. The standard InChI is InChI=1S/C8H8.C3H4N2/c1-2-8-6-4-3-5-7-8;1-2-5-3-4-1/h2-7H,1H2;1-3H,(H,4,5). The van der Waals surface area contributed by atoms with Crippen LogP contribution in [0.25, 0.3) is 6.08 Å². The minimum Gasteiger partial charge on any atom is -0.351 e. The second kappa shape index (κ2) is 5.77. The third kappa shape index (κ3) is 3.91. The molecule has 1 aromatic heterocycles. The van der Waals surface area contributed by atoms with Gasteiger partial charge in [-0.15, -0.1) is 0 Å². The normalized spacial score (nSPS) is 8.31. The van der Waals surface area contributed by atoms with Crippen molar-refractivity contribution in [3.8, 4) is 0 Å². The molecule has 1 heterocycles. The Hall–Kier alpha value is -1.83. The molecule has 66 valence electrons. The highest BCUT2D eigenvalue weighted by atomic mass is 14.8. The smallest absolute Gasteiger partial charge is 0.0919 e. The summed E-state index contributed by atoms with van der Waals surface area (Å²) in [4.78, 5) is 6.42. The van der Waals surface area contributed by atoms with Crippen LogP contribution in [0.5, 0.6) is 0 Å².